The second-order valence-corrected chi connectivity index (χ2v) is 15.6. The summed E-state index contributed by atoms with van der Waals surface area (Å²) in [5.41, 5.74) is 10.7. The summed E-state index contributed by atoms with van der Waals surface area (Å²) < 4.78 is 0. The van der Waals surface area contributed by atoms with Crippen molar-refractivity contribution in [1.82, 2.24) is 24.9 Å². The van der Waals surface area contributed by atoms with Crippen LogP contribution in [0.2, 0.25) is 0 Å². The summed E-state index contributed by atoms with van der Waals surface area (Å²) in [7, 11) is 0. The van der Waals surface area contributed by atoms with Gasteiger partial charge in [-0.3, -0.25) is 0 Å². The highest BCUT2D eigenvalue weighted by atomic mass is 15.0. The fourth-order valence-electron chi connectivity index (χ4n) is 8.76. The van der Waals surface area contributed by atoms with Crippen molar-refractivity contribution < 1.29 is 0 Å². The van der Waals surface area contributed by atoms with Gasteiger partial charge in [-0.25, -0.2) is 24.9 Å². The molecule has 0 aliphatic heterocycles. The summed E-state index contributed by atoms with van der Waals surface area (Å²) in [6, 6.07) is 74.2. The van der Waals surface area contributed by atoms with Crippen LogP contribution in [0.5, 0.6) is 0 Å². The van der Waals surface area contributed by atoms with E-state index in [2.05, 4.69) is 152 Å². The molecule has 0 fully saturated rings. The van der Waals surface area contributed by atoms with Crippen LogP contribution in [0.3, 0.4) is 0 Å². The van der Waals surface area contributed by atoms with Gasteiger partial charge in [-0.05, 0) is 67.7 Å². The van der Waals surface area contributed by atoms with Gasteiger partial charge in [0.25, 0.3) is 0 Å². The highest BCUT2D eigenvalue weighted by Gasteiger charge is 2.15. The molecule has 3 aromatic heterocycles. The van der Waals surface area contributed by atoms with Crippen LogP contribution in [-0.4, -0.2) is 24.9 Å². The zero-order valence-electron chi connectivity index (χ0n) is 33.4. The molecular weight excluding hydrogens is 755 g/mol. The zero-order chi connectivity index (χ0) is 41.0. The van der Waals surface area contributed by atoms with Crippen LogP contribution >= 0.6 is 0 Å². The van der Waals surface area contributed by atoms with E-state index in [1.54, 1.807) is 0 Å². The van der Waals surface area contributed by atoms with E-state index < -0.39 is 0 Å². The molecule has 9 aromatic carbocycles. The number of hydrogen-bond acceptors (Lipinski definition) is 5. The minimum Gasteiger partial charge on any atom is -0.245 e. The first-order valence-corrected chi connectivity index (χ1v) is 20.8. The van der Waals surface area contributed by atoms with Crippen molar-refractivity contribution in [3.05, 3.63) is 212 Å². The van der Waals surface area contributed by atoms with E-state index >= 15 is 0 Å². The summed E-state index contributed by atoms with van der Waals surface area (Å²) in [6.45, 7) is 0. The maximum Gasteiger partial charge on any atom is 0.164 e. The molecule has 0 radical (unpaired) electrons. The summed E-state index contributed by atoms with van der Waals surface area (Å²) >= 11 is 0. The standard InChI is InChI=1S/C57H35N5/c1-3-12-39(13-4-1)55-60-56(40-14-5-2-6-15-40)62-57(61-55)41-26-22-36(23-27-41)51-32-29-37-24-25-38-30-33-52(59-54(38)53(37)58-51)44-17-11-16-42(34-44)43-28-31-49-47-20-8-7-18-45(47)46-19-9-10-21-48(46)50(49)35-43/h1-35H. The highest BCUT2D eigenvalue weighted by molar-refractivity contribution is 6.25. The summed E-state index contributed by atoms with van der Waals surface area (Å²) in [6.07, 6.45) is 0. The number of fused-ring (bicyclic) bond motifs is 9. The third kappa shape index (κ3) is 6.23. The van der Waals surface area contributed by atoms with Crippen LogP contribution in [0.15, 0.2) is 212 Å². The van der Waals surface area contributed by atoms with E-state index in [4.69, 9.17) is 24.9 Å². The molecule has 0 N–H and O–H groups in total. The van der Waals surface area contributed by atoms with E-state index in [9.17, 15) is 0 Å². The molecule has 12 aromatic rings. The molecule has 12 rings (SSSR count). The first kappa shape index (κ1) is 35.5. The van der Waals surface area contributed by atoms with Gasteiger partial charge in [-0.15, -0.1) is 0 Å². The highest BCUT2D eigenvalue weighted by Crippen LogP contribution is 2.38. The number of hydrogen-bond donors (Lipinski definition) is 0. The second-order valence-electron chi connectivity index (χ2n) is 15.6. The van der Waals surface area contributed by atoms with E-state index in [1.807, 2.05) is 60.7 Å². The Morgan fingerprint density at radius 1 is 0.210 bits per heavy atom. The average molecular weight is 790 g/mol. The lowest BCUT2D eigenvalue weighted by Gasteiger charge is -2.13. The van der Waals surface area contributed by atoms with Gasteiger partial charge in [0.1, 0.15) is 0 Å². The largest absolute Gasteiger partial charge is 0.245 e. The lowest BCUT2D eigenvalue weighted by Crippen LogP contribution is -2.00. The maximum atomic E-state index is 5.30. The molecule has 5 heteroatoms. The third-order valence-corrected chi connectivity index (χ3v) is 11.9. The van der Waals surface area contributed by atoms with Crippen molar-refractivity contribution in [2.75, 3.05) is 0 Å². The molecule has 0 spiro atoms. The van der Waals surface area contributed by atoms with Gasteiger partial charge >= 0.3 is 0 Å². The van der Waals surface area contributed by atoms with Crippen molar-refractivity contribution in [3.63, 3.8) is 0 Å². The quantitative estimate of drug-likeness (QED) is 0.157. The second kappa shape index (κ2) is 14.7. The molecule has 0 amide bonds. The molecule has 0 aliphatic carbocycles. The van der Waals surface area contributed by atoms with Crippen LogP contribution in [0.4, 0.5) is 0 Å². The molecule has 0 aliphatic rings. The number of pyridine rings is 2. The monoisotopic (exact) mass is 789 g/mol. The minimum absolute atomic E-state index is 0.616. The van der Waals surface area contributed by atoms with Crippen molar-refractivity contribution in [3.8, 4) is 67.8 Å². The average Bonchev–Trinajstić information content (AvgIpc) is 3.36. The van der Waals surface area contributed by atoms with E-state index in [1.165, 1.54) is 37.9 Å². The lowest BCUT2D eigenvalue weighted by molar-refractivity contribution is 1.07. The topological polar surface area (TPSA) is 64.5 Å². The normalized spacial score (nSPS) is 11.5. The maximum absolute atomic E-state index is 5.30. The summed E-state index contributed by atoms with van der Waals surface area (Å²) in [5.74, 6) is 1.89. The lowest BCUT2D eigenvalue weighted by atomic mass is 9.91. The van der Waals surface area contributed by atoms with Crippen molar-refractivity contribution in [2.24, 2.45) is 0 Å². The Labute approximate surface area is 357 Å². The molecule has 0 bridgehead atoms. The van der Waals surface area contributed by atoms with E-state index in [-0.39, 0.29) is 0 Å². The van der Waals surface area contributed by atoms with Crippen molar-refractivity contribution >= 4 is 54.1 Å². The Bertz CT molecular complexity index is 3590. The number of aromatic nitrogens is 5. The zero-order valence-corrected chi connectivity index (χ0v) is 33.4. The number of rotatable bonds is 6. The first-order valence-electron chi connectivity index (χ1n) is 20.8. The molecule has 3 heterocycles. The van der Waals surface area contributed by atoms with E-state index in [0.29, 0.717) is 17.5 Å². The fraction of sp³-hybridized carbons (Fsp3) is 0. The predicted molar refractivity (Wildman–Crippen MR) is 256 cm³/mol. The Kier molecular flexibility index (Phi) is 8.42. The molecule has 0 saturated heterocycles. The van der Waals surface area contributed by atoms with Crippen LogP contribution in [0.1, 0.15) is 0 Å². The predicted octanol–water partition coefficient (Wildman–Crippen LogP) is 14.4. The first-order chi connectivity index (χ1) is 30.7. The Balaban J connectivity index is 0.900. The SMILES string of the molecule is c1ccc(-c2nc(-c3ccccc3)nc(-c3ccc(-c4ccc5ccc6ccc(-c7cccc(-c8ccc9c%10ccccc%10c%10ccccc%10c9c8)c7)nc6c5n4)cc3)n2)cc1. The van der Waals surface area contributed by atoms with Crippen molar-refractivity contribution in [1.29, 1.82) is 0 Å². The van der Waals surface area contributed by atoms with Crippen LogP contribution < -0.4 is 0 Å². The fourth-order valence-corrected chi connectivity index (χ4v) is 8.76. The van der Waals surface area contributed by atoms with Gasteiger partial charge in [0, 0.05) is 38.6 Å². The molecular formula is C57H35N5. The minimum atomic E-state index is 0.616. The summed E-state index contributed by atoms with van der Waals surface area (Å²) in [5, 5.41) is 9.71. The molecule has 0 atom stereocenters. The molecule has 62 heavy (non-hydrogen) atoms. The smallest absolute Gasteiger partial charge is 0.164 e. The van der Waals surface area contributed by atoms with Gasteiger partial charge in [0.2, 0.25) is 0 Å². The van der Waals surface area contributed by atoms with Gasteiger partial charge in [-0.1, -0.05) is 188 Å². The molecule has 0 unspecified atom stereocenters. The van der Waals surface area contributed by atoms with Gasteiger partial charge < -0.3 is 0 Å². The summed E-state index contributed by atoms with van der Waals surface area (Å²) in [4.78, 5) is 25.2. The Morgan fingerprint density at radius 3 is 1.13 bits per heavy atom. The number of nitrogens with zero attached hydrogens (tertiary/aromatic N) is 5. The van der Waals surface area contributed by atoms with E-state index in [0.717, 1.165) is 66.6 Å². The van der Waals surface area contributed by atoms with Crippen LogP contribution in [0.25, 0.3) is 122 Å². The van der Waals surface area contributed by atoms with Crippen LogP contribution in [-0.2, 0) is 0 Å². The van der Waals surface area contributed by atoms with Gasteiger partial charge in [-0.2, -0.15) is 0 Å². The van der Waals surface area contributed by atoms with Crippen LogP contribution in [0, 0.1) is 0 Å². The molecule has 0 saturated carbocycles. The Morgan fingerprint density at radius 2 is 0.581 bits per heavy atom. The third-order valence-electron chi connectivity index (χ3n) is 11.9. The Hall–Kier alpha value is -8.41. The molecule has 5 nitrogen and oxygen atoms in total. The van der Waals surface area contributed by atoms with Gasteiger partial charge in [0.15, 0.2) is 17.5 Å². The van der Waals surface area contributed by atoms with Crippen molar-refractivity contribution in [2.45, 2.75) is 0 Å². The molecule has 288 valence electrons. The van der Waals surface area contributed by atoms with Gasteiger partial charge in [0.05, 0.1) is 22.4 Å². The number of benzene rings is 9.